The molecule has 1 saturated heterocycles. The van der Waals surface area contributed by atoms with Crippen molar-refractivity contribution in [3.8, 4) is 6.07 Å². The first-order valence-corrected chi connectivity index (χ1v) is 5.03. The molecule has 0 amide bonds. The maximum Gasteiger partial charge on any atom is 0.168 e. The van der Waals surface area contributed by atoms with E-state index in [1.165, 1.54) is 7.11 Å². The standard InChI is InChI=1S/C6H9NO3S/c1-10-6(4-7)2-3-11(8,9)5-6/h2-3,5H2,1H3. The second-order valence-corrected chi connectivity index (χ2v) is 4.84. The molecule has 1 atom stereocenters. The lowest BCUT2D eigenvalue weighted by Gasteiger charge is -2.14. The molecule has 1 aliphatic rings. The van der Waals surface area contributed by atoms with E-state index in [2.05, 4.69) is 0 Å². The zero-order valence-corrected chi connectivity index (χ0v) is 7.02. The Hall–Kier alpha value is -0.600. The van der Waals surface area contributed by atoms with Gasteiger partial charge in [0.1, 0.15) is 0 Å². The molecule has 1 rings (SSSR count). The molecule has 0 aromatic rings. The van der Waals surface area contributed by atoms with Gasteiger partial charge in [-0.1, -0.05) is 0 Å². The summed E-state index contributed by atoms with van der Waals surface area (Å²) in [6.45, 7) is 0. The van der Waals surface area contributed by atoms with E-state index in [9.17, 15) is 8.42 Å². The van der Waals surface area contributed by atoms with Crippen molar-refractivity contribution in [1.82, 2.24) is 0 Å². The van der Waals surface area contributed by atoms with Crippen LogP contribution in [0.5, 0.6) is 0 Å². The molecule has 0 aromatic heterocycles. The van der Waals surface area contributed by atoms with Crippen molar-refractivity contribution in [2.75, 3.05) is 18.6 Å². The highest BCUT2D eigenvalue weighted by atomic mass is 32.2. The number of nitriles is 1. The number of ether oxygens (including phenoxy) is 1. The summed E-state index contributed by atoms with van der Waals surface area (Å²) in [6.07, 6.45) is 0.294. The molecule has 0 aromatic carbocycles. The average Bonchev–Trinajstić information content (AvgIpc) is 2.28. The van der Waals surface area contributed by atoms with Crippen LogP contribution in [0, 0.1) is 11.3 Å². The molecule has 0 bridgehead atoms. The highest BCUT2D eigenvalue weighted by Gasteiger charge is 2.42. The van der Waals surface area contributed by atoms with Crippen LogP contribution in [0.2, 0.25) is 0 Å². The summed E-state index contributed by atoms with van der Waals surface area (Å²) in [4.78, 5) is 0. The van der Waals surface area contributed by atoms with Crippen LogP contribution in [0.15, 0.2) is 0 Å². The second-order valence-electron chi connectivity index (χ2n) is 2.65. The van der Waals surface area contributed by atoms with Crippen LogP contribution < -0.4 is 0 Å². The van der Waals surface area contributed by atoms with Crippen molar-refractivity contribution in [2.45, 2.75) is 12.0 Å². The Morgan fingerprint density at radius 3 is 2.45 bits per heavy atom. The second kappa shape index (κ2) is 2.47. The average molecular weight is 175 g/mol. The van der Waals surface area contributed by atoms with Crippen LogP contribution in [0.1, 0.15) is 6.42 Å². The van der Waals surface area contributed by atoms with Gasteiger partial charge >= 0.3 is 0 Å². The normalized spacial score (nSPS) is 34.9. The first kappa shape index (κ1) is 8.50. The molecular weight excluding hydrogens is 166 g/mol. The third-order valence-electron chi connectivity index (χ3n) is 1.86. The summed E-state index contributed by atoms with van der Waals surface area (Å²) in [6, 6.07) is 1.88. The summed E-state index contributed by atoms with van der Waals surface area (Å²) in [5.41, 5.74) is -1.07. The van der Waals surface area contributed by atoms with Gasteiger partial charge in [-0.3, -0.25) is 0 Å². The number of methoxy groups -OCH3 is 1. The molecule has 0 spiro atoms. The fraction of sp³-hybridized carbons (Fsp3) is 0.833. The van der Waals surface area contributed by atoms with Crippen LogP contribution in [0.4, 0.5) is 0 Å². The predicted octanol–water partition coefficient (Wildman–Crippen LogP) is -0.286. The van der Waals surface area contributed by atoms with Gasteiger partial charge in [-0.25, -0.2) is 8.42 Å². The molecule has 0 radical (unpaired) electrons. The highest BCUT2D eigenvalue weighted by Crippen LogP contribution is 2.25. The zero-order chi connectivity index (χ0) is 8.54. The molecule has 1 unspecified atom stereocenters. The lowest BCUT2D eigenvalue weighted by Crippen LogP contribution is -2.30. The van der Waals surface area contributed by atoms with Crippen LogP contribution in [-0.4, -0.2) is 32.6 Å². The summed E-state index contributed by atoms with van der Waals surface area (Å²) >= 11 is 0. The summed E-state index contributed by atoms with van der Waals surface area (Å²) in [5, 5.41) is 8.61. The van der Waals surface area contributed by atoms with Gasteiger partial charge in [-0.2, -0.15) is 5.26 Å². The van der Waals surface area contributed by atoms with Crippen molar-refractivity contribution >= 4 is 9.84 Å². The van der Waals surface area contributed by atoms with Crippen molar-refractivity contribution in [3.63, 3.8) is 0 Å². The van der Waals surface area contributed by atoms with Crippen LogP contribution in [-0.2, 0) is 14.6 Å². The number of hydrogen-bond acceptors (Lipinski definition) is 4. The fourth-order valence-corrected chi connectivity index (χ4v) is 2.94. The maximum atomic E-state index is 10.9. The fourth-order valence-electron chi connectivity index (χ4n) is 1.11. The minimum absolute atomic E-state index is 0.0639. The number of sulfone groups is 1. The molecule has 11 heavy (non-hydrogen) atoms. The molecule has 62 valence electrons. The molecule has 0 aliphatic carbocycles. The molecule has 0 saturated carbocycles. The summed E-state index contributed by atoms with van der Waals surface area (Å²) in [7, 11) is -1.66. The zero-order valence-electron chi connectivity index (χ0n) is 6.20. The van der Waals surface area contributed by atoms with E-state index in [4.69, 9.17) is 10.00 Å². The summed E-state index contributed by atoms with van der Waals surface area (Å²) < 4.78 is 26.7. The minimum atomic E-state index is -3.03. The topological polar surface area (TPSA) is 67.2 Å². The molecule has 1 heterocycles. The smallest absolute Gasteiger partial charge is 0.168 e. The Labute approximate surface area is 65.7 Å². The Balaban J connectivity index is 2.90. The third kappa shape index (κ3) is 1.52. The van der Waals surface area contributed by atoms with Crippen molar-refractivity contribution in [3.05, 3.63) is 0 Å². The molecule has 0 N–H and O–H groups in total. The molecular formula is C6H9NO3S. The SMILES string of the molecule is COC1(C#N)CCS(=O)(=O)C1. The van der Waals surface area contributed by atoms with Crippen LogP contribution in [0.25, 0.3) is 0 Å². The van der Waals surface area contributed by atoms with Crippen molar-refractivity contribution < 1.29 is 13.2 Å². The predicted molar refractivity (Wildman–Crippen MR) is 38.6 cm³/mol. The van der Waals surface area contributed by atoms with E-state index in [0.29, 0.717) is 6.42 Å². The van der Waals surface area contributed by atoms with Crippen LogP contribution >= 0.6 is 0 Å². The van der Waals surface area contributed by atoms with Gasteiger partial charge in [-0.15, -0.1) is 0 Å². The summed E-state index contributed by atoms with van der Waals surface area (Å²) in [5.74, 6) is -0.0958. The number of nitrogens with zero attached hydrogens (tertiary/aromatic N) is 1. The molecule has 1 fully saturated rings. The number of hydrogen-bond donors (Lipinski definition) is 0. The third-order valence-corrected chi connectivity index (χ3v) is 3.60. The van der Waals surface area contributed by atoms with Crippen molar-refractivity contribution in [1.29, 1.82) is 5.26 Å². The van der Waals surface area contributed by atoms with E-state index in [1.54, 1.807) is 0 Å². The van der Waals surface area contributed by atoms with Gasteiger partial charge in [0, 0.05) is 13.5 Å². The first-order valence-electron chi connectivity index (χ1n) is 3.20. The molecule has 1 aliphatic heterocycles. The van der Waals surface area contributed by atoms with Gasteiger partial charge in [0.05, 0.1) is 17.6 Å². The van der Waals surface area contributed by atoms with E-state index in [-0.39, 0.29) is 11.5 Å². The van der Waals surface area contributed by atoms with Crippen LogP contribution in [0.3, 0.4) is 0 Å². The first-order chi connectivity index (χ1) is 5.04. The van der Waals surface area contributed by atoms with E-state index >= 15 is 0 Å². The Morgan fingerprint density at radius 1 is 1.64 bits per heavy atom. The van der Waals surface area contributed by atoms with Gasteiger partial charge in [0.25, 0.3) is 0 Å². The highest BCUT2D eigenvalue weighted by molar-refractivity contribution is 7.91. The largest absolute Gasteiger partial charge is 0.362 e. The Bertz CT molecular complexity index is 289. The lowest BCUT2D eigenvalue weighted by molar-refractivity contribution is 0.0620. The van der Waals surface area contributed by atoms with Gasteiger partial charge in [-0.05, 0) is 0 Å². The van der Waals surface area contributed by atoms with Gasteiger partial charge < -0.3 is 4.74 Å². The lowest BCUT2D eigenvalue weighted by atomic mass is 10.1. The van der Waals surface area contributed by atoms with E-state index in [1.807, 2.05) is 6.07 Å². The molecule has 4 nitrogen and oxygen atoms in total. The van der Waals surface area contributed by atoms with E-state index in [0.717, 1.165) is 0 Å². The Morgan fingerprint density at radius 2 is 2.27 bits per heavy atom. The van der Waals surface area contributed by atoms with E-state index < -0.39 is 15.4 Å². The minimum Gasteiger partial charge on any atom is -0.362 e. The monoisotopic (exact) mass is 175 g/mol. The van der Waals surface area contributed by atoms with Gasteiger partial charge in [0.15, 0.2) is 15.4 Å². The van der Waals surface area contributed by atoms with Gasteiger partial charge in [0.2, 0.25) is 0 Å². The Kier molecular flexibility index (Phi) is 1.90. The number of rotatable bonds is 1. The van der Waals surface area contributed by atoms with Crippen molar-refractivity contribution in [2.24, 2.45) is 0 Å². The molecule has 5 heteroatoms. The maximum absolute atomic E-state index is 10.9. The quantitative estimate of drug-likeness (QED) is 0.549.